The fourth-order valence-corrected chi connectivity index (χ4v) is 4.88. The van der Waals surface area contributed by atoms with Crippen molar-refractivity contribution in [1.82, 2.24) is 9.80 Å². The molecule has 2 aliphatic heterocycles. The number of carbonyl (C=O) groups is 1. The number of nitrogens with zero attached hydrogens (tertiary/aromatic N) is 3. The molecule has 2 saturated heterocycles. The molecule has 2 aliphatic rings. The number of nitro groups is 1. The summed E-state index contributed by atoms with van der Waals surface area (Å²) in [7, 11) is 0. The molecule has 8 heteroatoms. The molecule has 0 amide bonds. The van der Waals surface area contributed by atoms with Crippen molar-refractivity contribution in [2.75, 3.05) is 26.2 Å². The molecule has 0 saturated carbocycles. The summed E-state index contributed by atoms with van der Waals surface area (Å²) in [6, 6.07) is 12.4. The second-order valence-electron chi connectivity index (χ2n) is 8.76. The van der Waals surface area contributed by atoms with Crippen molar-refractivity contribution in [2.45, 2.75) is 38.0 Å². The molecule has 0 aliphatic carbocycles. The minimum Gasteiger partial charge on any atom is -0.390 e. The number of Topliss-reactive ketones (excluding diaryl/α,β-unsaturated/α-hetero) is 1. The van der Waals surface area contributed by atoms with Gasteiger partial charge >= 0.3 is 0 Å². The van der Waals surface area contributed by atoms with Gasteiger partial charge in [-0.1, -0.05) is 12.1 Å². The number of hydrogen-bond acceptors (Lipinski definition) is 6. The number of β-amino-alcohol motifs (C(OH)–C–C–N with tert-alkyl or cyclic N) is 1. The molecule has 2 atom stereocenters. The molecule has 2 aromatic rings. The van der Waals surface area contributed by atoms with Crippen LogP contribution >= 0.6 is 0 Å². The van der Waals surface area contributed by atoms with Crippen LogP contribution in [-0.4, -0.2) is 63.9 Å². The molecule has 7 nitrogen and oxygen atoms in total. The Morgan fingerprint density at radius 2 is 1.69 bits per heavy atom. The van der Waals surface area contributed by atoms with Crippen LogP contribution in [-0.2, 0) is 6.54 Å². The molecular formula is C24H28FN3O4. The molecule has 170 valence electrons. The summed E-state index contributed by atoms with van der Waals surface area (Å²) in [5.74, 6) is -0.305. The average molecular weight is 442 g/mol. The number of ketones is 1. The van der Waals surface area contributed by atoms with E-state index in [0.717, 1.165) is 44.5 Å². The average Bonchev–Trinajstić information content (AvgIpc) is 2.80. The zero-order valence-corrected chi connectivity index (χ0v) is 17.9. The first-order chi connectivity index (χ1) is 15.4. The smallest absolute Gasteiger partial charge is 0.269 e. The van der Waals surface area contributed by atoms with Crippen molar-refractivity contribution in [1.29, 1.82) is 0 Å². The van der Waals surface area contributed by atoms with Crippen LogP contribution in [0.4, 0.5) is 10.1 Å². The van der Waals surface area contributed by atoms with E-state index in [1.807, 2.05) is 0 Å². The van der Waals surface area contributed by atoms with Gasteiger partial charge in [0.05, 0.1) is 11.0 Å². The molecule has 2 fully saturated rings. The second-order valence-corrected chi connectivity index (χ2v) is 8.76. The van der Waals surface area contributed by atoms with Crippen molar-refractivity contribution in [2.24, 2.45) is 5.92 Å². The summed E-state index contributed by atoms with van der Waals surface area (Å²) < 4.78 is 13.1. The molecule has 0 aromatic heterocycles. The first-order valence-electron chi connectivity index (χ1n) is 11.1. The molecule has 0 unspecified atom stereocenters. The number of halogens is 1. The van der Waals surface area contributed by atoms with Gasteiger partial charge in [0.25, 0.3) is 5.69 Å². The first-order valence-corrected chi connectivity index (χ1v) is 11.1. The molecular weight excluding hydrogens is 413 g/mol. The zero-order valence-electron chi connectivity index (χ0n) is 17.9. The van der Waals surface area contributed by atoms with Crippen molar-refractivity contribution >= 4 is 11.5 Å². The Labute approximate surface area is 186 Å². The fraction of sp³-hybridized carbons (Fsp3) is 0.458. The van der Waals surface area contributed by atoms with Crippen LogP contribution in [0.3, 0.4) is 0 Å². The Bertz CT molecular complexity index is 943. The van der Waals surface area contributed by atoms with Gasteiger partial charge in [-0.05, 0) is 62.2 Å². The zero-order chi connectivity index (χ0) is 22.7. The lowest BCUT2D eigenvalue weighted by Crippen LogP contribution is -2.55. The van der Waals surface area contributed by atoms with Crippen LogP contribution in [0.1, 0.15) is 35.2 Å². The van der Waals surface area contributed by atoms with E-state index in [-0.39, 0.29) is 29.2 Å². The maximum atomic E-state index is 13.1. The number of likely N-dealkylation sites (tertiary alicyclic amines) is 2. The standard InChI is InChI=1S/C24H28FN3O4/c25-20-5-1-17(2-6-20)15-26-12-11-22(23(29)16-26)27-13-9-19(10-14-27)24(30)18-3-7-21(8-4-18)28(31)32/h1-8,19,22-23,29H,9-16H2/t22-,23+/m0/s1. The number of carbonyl (C=O) groups excluding carboxylic acids is 1. The number of rotatable bonds is 6. The molecule has 2 heterocycles. The van der Waals surface area contributed by atoms with Gasteiger partial charge in [-0.3, -0.25) is 24.7 Å². The SMILES string of the molecule is O=C(c1ccc([N+](=O)[O-])cc1)C1CCN([C@H]2CCN(Cc3ccc(F)cc3)C[C@H]2O)CC1. The summed E-state index contributed by atoms with van der Waals surface area (Å²) in [6.45, 7) is 3.63. The summed E-state index contributed by atoms with van der Waals surface area (Å²) in [5, 5.41) is 21.6. The third-order valence-electron chi connectivity index (χ3n) is 6.68. The van der Waals surface area contributed by atoms with Crippen molar-refractivity contribution < 1.29 is 19.2 Å². The van der Waals surface area contributed by atoms with Crippen LogP contribution < -0.4 is 0 Å². The highest BCUT2D eigenvalue weighted by Gasteiger charge is 2.35. The van der Waals surface area contributed by atoms with Crippen LogP contribution in [0.25, 0.3) is 0 Å². The van der Waals surface area contributed by atoms with Gasteiger partial charge in [0.1, 0.15) is 5.82 Å². The van der Waals surface area contributed by atoms with Crippen LogP contribution in [0.15, 0.2) is 48.5 Å². The minimum absolute atomic E-state index is 0.0175. The molecule has 2 aromatic carbocycles. The van der Waals surface area contributed by atoms with E-state index in [2.05, 4.69) is 9.80 Å². The Kier molecular flexibility index (Phi) is 6.93. The van der Waals surface area contributed by atoms with Crippen molar-refractivity contribution in [3.63, 3.8) is 0 Å². The van der Waals surface area contributed by atoms with Gasteiger partial charge < -0.3 is 5.11 Å². The van der Waals surface area contributed by atoms with Crippen LogP contribution in [0.5, 0.6) is 0 Å². The monoisotopic (exact) mass is 441 g/mol. The predicted octanol–water partition coefficient (Wildman–Crippen LogP) is 3.26. The Hall–Kier alpha value is -2.68. The summed E-state index contributed by atoms with van der Waals surface area (Å²) in [6.07, 6.45) is 1.83. The number of benzene rings is 2. The summed E-state index contributed by atoms with van der Waals surface area (Å²) in [4.78, 5) is 27.6. The molecule has 32 heavy (non-hydrogen) atoms. The number of piperidine rings is 2. The van der Waals surface area contributed by atoms with Crippen LogP contribution in [0.2, 0.25) is 0 Å². The minimum atomic E-state index is -0.469. The Morgan fingerprint density at radius 3 is 2.28 bits per heavy atom. The quantitative estimate of drug-likeness (QED) is 0.421. The van der Waals surface area contributed by atoms with E-state index in [1.165, 1.54) is 36.4 Å². The molecule has 0 spiro atoms. The fourth-order valence-electron chi connectivity index (χ4n) is 4.88. The maximum Gasteiger partial charge on any atom is 0.269 e. The number of aliphatic hydroxyl groups excluding tert-OH is 1. The second kappa shape index (κ2) is 9.85. The largest absolute Gasteiger partial charge is 0.390 e. The predicted molar refractivity (Wildman–Crippen MR) is 118 cm³/mol. The number of nitro benzene ring substituents is 1. The van der Waals surface area contributed by atoms with Gasteiger partial charge in [0.2, 0.25) is 0 Å². The molecule has 4 rings (SSSR count). The molecule has 0 radical (unpaired) electrons. The van der Waals surface area contributed by atoms with Gasteiger partial charge in [0.15, 0.2) is 5.78 Å². The number of hydrogen-bond donors (Lipinski definition) is 1. The van der Waals surface area contributed by atoms with E-state index in [9.17, 15) is 24.4 Å². The highest BCUT2D eigenvalue weighted by molar-refractivity contribution is 5.98. The third kappa shape index (κ3) is 5.20. The summed E-state index contributed by atoms with van der Waals surface area (Å²) >= 11 is 0. The lowest BCUT2D eigenvalue weighted by atomic mass is 9.87. The lowest BCUT2D eigenvalue weighted by molar-refractivity contribution is -0.384. The number of non-ortho nitro benzene ring substituents is 1. The van der Waals surface area contributed by atoms with Gasteiger partial charge in [-0.2, -0.15) is 0 Å². The van der Waals surface area contributed by atoms with Crippen LogP contribution in [0, 0.1) is 21.8 Å². The Balaban J connectivity index is 1.27. The molecule has 0 bridgehead atoms. The van der Waals surface area contributed by atoms with E-state index >= 15 is 0 Å². The topological polar surface area (TPSA) is 86.9 Å². The molecule has 1 N–H and O–H groups in total. The lowest BCUT2D eigenvalue weighted by Gasteiger charge is -2.44. The summed E-state index contributed by atoms with van der Waals surface area (Å²) in [5.41, 5.74) is 1.53. The number of aliphatic hydroxyl groups is 1. The van der Waals surface area contributed by atoms with E-state index in [4.69, 9.17) is 0 Å². The third-order valence-corrected chi connectivity index (χ3v) is 6.68. The first kappa shape index (κ1) is 22.5. The Morgan fingerprint density at radius 1 is 1.03 bits per heavy atom. The highest BCUT2D eigenvalue weighted by Crippen LogP contribution is 2.27. The van der Waals surface area contributed by atoms with E-state index < -0.39 is 11.0 Å². The normalized spacial score (nSPS) is 23.2. The van der Waals surface area contributed by atoms with E-state index in [1.54, 1.807) is 12.1 Å². The van der Waals surface area contributed by atoms with Gasteiger partial charge in [-0.25, -0.2) is 4.39 Å². The maximum absolute atomic E-state index is 13.1. The van der Waals surface area contributed by atoms with Crippen molar-refractivity contribution in [3.8, 4) is 0 Å². The van der Waals surface area contributed by atoms with E-state index in [0.29, 0.717) is 18.7 Å². The van der Waals surface area contributed by atoms with Crippen molar-refractivity contribution in [3.05, 3.63) is 75.6 Å². The van der Waals surface area contributed by atoms with Gasteiger partial charge in [-0.15, -0.1) is 0 Å². The highest BCUT2D eigenvalue weighted by atomic mass is 19.1. The van der Waals surface area contributed by atoms with Gasteiger partial charge in [0, 0.05) is 49.3 Å².